The maximum Gasteiger partial charge on any atom is 0.264 e. The molecular formula is C32H41N3O4S. The summed E-state index contributed by atoms with van der Waals surface area (Å²) in [6.07, 6.45) is 1.73. The fraction of sp³-hybridized carbons (Fsp3) is 0.375. The first-order valence-electron chi connectivity index (χ1n) is 13.9. The minimum Gasteiger partial charge on any atom is -0.352 e. The molecule has 0 aliphatic heterocycles. The molecule has 0 aliphatic rings. The lowest BCUT2D eigenvalue weighted by molar-refractivity contribution is -0.140. The van der Waals surface area contributed by atoms with Gasteiger partial charge < -0.3 is 10.2 Å². The Labute approximate surface area is 239 Å². The molecule has 2 unspecified atom stereocenters. The van der Waals surface area contributed by atoms with Crippen molar-refractivity contribution in [2.45, 2.75) is 77.4 Å². The topological polar surface area (TPSA) is 86.8 Å². The second-order valence-electron chi connectivity index (χ2n) is 10.1. The van der Waals surface area contributed by atoms with Crippen LogP contribution in [0.2, 0.25) is 0 Å². The molecule has 0 spiro atoms. The quantitative estimate of drug-likeness (QED) is 0.299. The zero-order valence-electron chi connectivity index (χ0n) is 24.1. The summed E-state index contributed by atoms with van der Waals surface area (Å²) < 4.78 is 29.2. The van der Waals surface area contributed by atoms with Gasteiger partial charge in [-0.2, -0.15) is 0 Å². The van der Waals surface area contributed by atoms with Gasteiger partial charge in [0.25, 0.3) is 10.0 Å². The van der Waals surface area contributed by atoms with Crippen LogP contribution in [0.15, 0.2) is 83.8 Å². The van der Waals surface area contributed by atoms with Gasteiger partial charge in [0, 0.05) is 12.6 Å². The molecule has 3 rings (SSSR count). The van der Waals surface area contributed by atoms with Crippen molar-refractivity contribution in [1.29, 1.82) is 0 Å². The number of carbonyl (C=O) groups excluding carboxylic acids is 2. The lowest BCUT2D eigenvalue weighted by Gasteiger charge is -2.34. The Bertz CT molecular complexity index is 1390. The molecule has 40 heavy (non-hydrogen) atoms. The Morgan fingerprint density at radius 2 is 1.55 bits per heavy atom. The van der Waals surface area contributed by atoms with Crippen LogP contribution in [-0.2, 0) is 32.6 Å². The number of para-hydroxylation sites is 1. The Kier molecular flexibility index (Phi) is 10.9. The summed E-state index contributed by atoms with van der Waals surface area (Å²) in [5, 5.41) is 3.01. The van der Waals surface area contributed by atoms with Gasteiger partial charge in [-0.3, -0.25) is 13.9 Å². The van der Waals surface area contributed by atoms with Crippen molar-refractivity contribution in [3.8, 4) is 0 Å². The average molecular weight is 564 g/mol. The lowest BCUT2D eigenvalue weighted by atomic mass is 10.1. The summed E-state index contributed by atoms with van der Waals surface area (Å²) in [6, 6.07) is 22.3. The predicted molar refractivity (Wildman–Crippen MR) is 160 cm³/mol. The van der Waals surface area contributed by atoms with Crippen LogP contribution in [0.4, 0.5) is 5.69 Å². The van der Waals surface area contributed by atoms with Gasteiger partial charge in [0.2, 0.25) is 11.8 Å². The summed E-state index contributed by atoms with van der Waals surface area (Å²) in [5.41, 5.74) is 3.16. The number of aryl methyl sites for hydroxylation is 2. The number of anilines is 1. The largest absolute Gasteiger partial charge is 0.352 e. The third kappa shape index (κ3) is 7.50. The third-order valence-electron chi connectivity index (χ3n) is 7.07. The van der Waals surface area contributed by atoms with Gasteiger partial charge in [-0.15, -0.1) is 0 Å². The predicted octanol–water partition coefficient (Wildman–Crippen LogP) is 5.47. The molecule has 2 atom stereocenters. The van der Waals surface area contributed by atoms with E-state index in [1.807, 2.05) is 71.0 Å². The van der Waals surface area contributed by atoms with Crippen molar-refractivity contribution >= 4 is 27.5 Å². The highest BCUT2D eigenvalue weighted by molar-refractivity contribution is 7.92. The molecule has 0 fully saturated rings. The third-order valence-corrected chi connectivity index (χ3v) is 8.85. The van der Waals surface area contributed by atoms with Crippen molar-refractivity contribution < 1.29 is 18.0 Å². The second-order valence-corrected chi connectivity index (χ2v) is 11.9. The molecule has 3 aromatic rings. The summed E-state index contributed by atoms with van der Waals surface area (Å²) >= 11 is 0. The minimum atomic E-state index is -4.09. The van der Waals surface area contributed by atoms with Crippen LogP contribution in [0.1, 0.15) is 57.2 Å². The highest BCUT2D eigenvalue weighted by atomic mass is 32.2. The Morgan fingerprint density at radius 1 is 0.875 bits per heavy atom. The molecule has 7 nitrogen and oxygen atoms in total. The van der Waals surface area contributed by atoms with Crippen LogP contribution >= 0.6 is 0 Å². The van der Waals surface area contributed by atoms with Crippen LogP contribution < -0.4 is 9.62 Å². The smallest absolute Gasteiger partial charge is 0.264 e. The van der Waals surface area contributed by atoms with E-state index in [-0.39, 0.29) is 23.4 Å². The fourth-order valence-corrected chi connectivity index (χ4v) is 6.13. The van der Waals surface area contributed by atoms with Crippen LogP contribution in [-0.4, -0.2) is 43.8 Å². The first kappa shape index (κ1) is 30.9. The Hall–Kier alpha value is -3.65. The molecule has 0 saturated heterocycles. The normalized spacial score (nSPS) is 12.8. The van der Waals surface area contributed by atoms with Gasteiger partial charge >= 0.3 is 0 Å². The first-order chi connectivity index (χ1) is 19.1. The molecule has 0 radical (unpaired) electrons. The van der Waals surface area contributed by atoms with E-state index in [0.717, 1.165) is 23.1 Å². The van der Waals surface area contributed by atoms with E-state index in [2.05, 4.69) is 5.32 Å². The summed E-state index contributed by atoms with van der Waals surface area (Å²) in [6.45, 7) is 9.44. The molecular weight excluding hydrogens is 522 g/mol. The SMILES string of the molecule is CCc1ccccc1N(CC(=O)N(Cc1cccc(C)c1)C(CC)C(=O)NC(C)CC)S(=O)(=O)c1ccccc1. The zero-order valence-corrected chi connectivity index (χ0v) is 24.9. The van der Waals surface area contributed by atoms with Crippen LogP contribution in [0, 0.1) is 6.92 Å². The number of rotatable bonds is 13. The number of carbonyl (C=O) groups is 2. The van der Waals surface area contributed by atoms with E-state index in [1.54, 1.807) is 30.3 Å². The zero-order chi connectivity index (χ0) is 29.3. The molecule has 3 aromatic carbocycles. The maximum atomic E-state index is 14.2. The lowest BCUT2D eigenvalue weighted by Crippen LogP contribution is -2.53. The summed E-state index contributed by atoms with van der Waals surface area (Å²) in [5.74, 6) is -0.692. The van der Waals surface area contributed by atoms with Crippen molar-refractivity contribution in [1.82, 2.24) is 10.2 Å². The molecule has 0 saturated carbocycles. The fourth-order valence-electron chi connectivity index (χ4n) is 4.65. The Balaban J connectivity index is 2.09. The Morgan fingerprint density at radius 3 is 2.17 bits per heavy atom. The van der Waals surface area contributed by atoms with Crippen LogP contribution in [0.5, 0.6) is 0 Å². The van der Waals surface area contributed by atoms with E-state index in [0.29, 0.717) is 18.5 Å². The van der Waals surface area contributed by atoms with Crippen molar-refractivity contribution in [2.75, 3.05) is 10.8 Å². The van der Waals surface area contributed by atoms with Gasteiger partial charge in [0.05, 0.1) is 10.6 Å². The molecule has 1 N–H and O–H groups in total. The number of amides is 2. The van der Waals surface area contributed by atoms with Crippen molar-refractivity contribution in [2.24, 2.45) is 0 Å². The van der Waals surface area contributed by atoms with Gasteiger partial charge in [-0.1, -0.05) is 87.0 Å². The molecule has 0 bridgehead atoms. The number of hydrogen-bond donors (Lipinski definition) is 1. The monoisotopic (exact) mass is 563 g/mol. The highest BCUT2D eigenvalue weighted by Gasteiger charge is 2.34. The first-order valence-corrected chi connectivity index (χ1v) is 15.4. The molecule has 2 amide bonds. The molecule has 0 aliphatic carbocycles. The van der Waals surface area contributed by atoms with Gasteiger partial charge in [0.1, 0.15) is 12.6 Å². The molecule has 0 aromatic heterocycles. The van der Waals surface area contributed by atoms with E-state index in [1.165, 1.54) is 21.3 Å². The maximum absolute atomic E-state index is 14.2. The minimum absolute atomic E-state index is 0.0520. The molecule has 8 heteroatoms. The van der Waals surface area contributed by atoms with E-state index < -0.39 is 28.5 Å². The molecule has 214 valence electrons. The van der Waals surface area contributed by atoms with Gasteiger partial charge in [0.15, 0.2) is 0 Å². The van der Waals surface area contributed by atoms with E-state index >= 15 is 0 Å². The van der Waals surface area contributed by atoms with Gasteiger partial charge in [-0.05, 0) is 62.4 Å². The summed E-state index contributed by atoms with van der Waals surface area (Å²) in [4.78, 5) is 29.2. The highest BCUT2D eigenvalue weighted by Crippen LogP contribution is 2.28. The van der Waals surface area contributed by atoms with Crippen LogP contribution in [0.25, 0.3) is 0 Å². The number of benzene rings is 3. The number of hydrogen-bond acceptors (Lipinski definition) is 4. The van der Waals surface area contributed by atoms with Crippen molar-refractivity contribution in [3.63, 3.8) is 0 Å². The number of nitrogens with zero attached hydrogens (tertiary/aromatic N) is 2. The van der Waals surface area contributed by atoms with Crippen LogP contribution in [0.3, 0.4) is 0 Å². The van der Waals surface area contributed by atoms with Gasteiger partial charge in [-0.25, -0.2) is 8.42 Å². The van der Waals surface area contributed by atoms with Crippen molar-refractivity contribution in [3.05, 3.63) is 95.6 Å². The van der Waals surface area contributed by atoms with E-state index in [9.17, 15) is 18.0 Å². The summed E-state index contributed by atoms with van der Waals surface area (Å²) in [7, 11) is -4.09. The van der Waals surface area contributed by atoms with E-state index in [4.69, 9.17) is 0 Å². The molecule has 0 heterocycles. The average Bonchev–Trinajstić information content (AvgIpc) is 2.96. The standard InChI is InChI=1S/C32H41N3O4S/c1-6-25(5)33-32(37)29(8-3)34(22-26-16-14-15-24(4)21-26)31(36)23-35(30-20-13-12-17-27(30)7-2)40(38,39)28-18-10-9-11-19-28/h9-21,25,29H,6-8,22-23H2,1-5H3,(H,33,37). The number of sulfonamides is 1. The second kappa shape index (κ2) is 14.1. The number of nitrogens with one attached hydrogen (secondary N) is 1.